The minimum Gasteiger partial charge on any atom is -0.306 e. The van der Waals surface area contributed by atoms with Gasteiger partial charge in [0.2, 0.25) is 0 Å². The summed E-state index contributed by atoms with van der Waals surface area (Å²) in [6.07, 6.45) is 4.85. The maximum Gasteiger partial charge on any atom is 0.162 e. The van der Waals surface area contributed by atoms with Gasteiger partial charge in [0.25, 0.3) is 0 Å². The van der Waals surface area contributed by atoms with Crippen molar-refractivity contribution >= 4 is 22.8 Å². The Hall–Kier alpha value is -1.92. The number of hydrogen-bond acceptors (Lipinski definition) is 5. The Morgan fingerprint density at radius 2 is 2.08 bits per heavy atom. The molecule has 1 atom stereocenters. The predicted molar refractivity (Wildman–Crippen MR) is 97.2 cm³/mol. The van der Waals surface area contributed by atoms with Crippen molar-refractivity contribution in [2.75, 3.05) is 25.9 Å². The van der Waals surface area contributed by atoms with E-state index in [1.807, 2.05) is 28.7 Å². The van der Waals surface area contributed by atoms with Crippen LogP contribution in [0.5, 0.6) is 0 Å². The van der Waals surface area contributed by atoms with Gasteiger partial charge in [-0.25, -0.2) is 14.6 Å². The molecule has 0 aliphatic carbocycles. The van der Waals surface area contributed by atoms with Crippen LogP contribution < -0.4 is 0 Å². The molecule has 1 aliphatic heterocycles. The number of benzene rings is 1. The van der Waals surface area contributed by atoms with E-state index in [4.69, 9.17) is 0 Å². The Morgan fingerprint density at radius 1 is 1.21 bits per heavy atom. The number of likely N-dealkylation sites (tertiary alicyclic amines) is 1. The van der Waals surface area contributed by atoms with Gasteiger partial charge in [0, 0.05) is 12.3 Å². The van der Waals surface area contributed by atoms with Gasteiger partial charge >= 0.3 is 0 Å². The molecular formula is C18H21N5S. The summed E-state index contributed by atoms with van der Waals surface area (Å²) >= 11 is 1.84. The Morgan fingerprint density at radius 3 is 2.88 bits per heavy atom. The molecule has 0 spiro atoms. The molecule has 1 aromatic carbocycles. The van der Waals surface area contributed by atoms with Crippen LogP contribution in [0.15, 0.2) is 47.9 Å². The maximum absolute atomic E-state index is 4.54. The van der Waals surface area contributed by atoms with Gasteiger partial charge < -0.3 is 4.90 Å². The molecule has 4 rings (SSSR count). The lowest BCUT2D eigenvalue weighted by atomic mass is 10.2. The molecule has 0 bridgehead atoms. The second-order valence-electron chi connectivity index (χ2n) is 6.43. The van der Waals surface area contributed by atoms with Gasteiger partial charge in [0.15, 0.2) is 5.65 Å². The summed E-state index contributed by atoms with van der Waals surface area (Å²) in [4.78, 5) is 11.4. The van der Waals surface area contributed by atoms with Crippen molar-refractivity contribution in [2.45, 2.75) is 18.0 Å². The first-order valence-electron chi connectivity index (χ1n) is 8.31. The average molecular weight is 339 g/mol. The first-order valence-corrected chi connectivity index (χ1v) is 9.30. The molecule has 0 amide bonds. The Kier molecular flexibility index (Phi) is 4.49. The lowest BCUT2D eigenvalue weighted by molar-refractivity contribution is 0.403. The van der Waals surface area contributed by atoms with Gasteiger partial charge in [0.1, 0.15) is 11.4 Å². The molecule has 2 aromatic heterocycles. The van der Waals surface area contributed by atoms with E-state index >= 15 is 0 Å². The third-order valence-electron chi connectivity index (χ3n) is 4.52. The van der Waals surface area contributed by atoms with E-state index in [9.17, 15) is 0 Å². The summed E-state index contributed by atoms with van der Waals surface area (Å²) in [5.74, 6) is 1.87. The zero-order valence-corrected chi connectivity index (χ0v) is 14.6. The van der Waals surface area contributed by atoms with Crippen molar-refractivity contribution in [3.63, 3.8) is 0 Å². The van der Waals surface area contributed by atoms with Crippen LogP contribution in [0.25, 0.3) is 11.0 Å². The van der Waals surface area contributed by atoms with Crippen LogP contribution in [-0.4, -0.2) is 50.5 Å². The van der Waals surface area contributed by atoms with Crippen LogP contribution >= 0.6 is 11.8 Å². The molecule has 3 aromatic rings. The molecule has 6 heteroatoms. The van der Waals surface area contributed by atoms with Crippen molar-refractivity contribution in [1.29, 1.82) is 0 Å². The second-order valence-corrected chi connectivity index (χ2v) is 7.44. The lowest BCUT2D eigenvalue weighted by Gasteiger charge is -2.09. The highest BCUT2D eigenvalue weighted by atomic mass is 32.2. The van der Waals surface area contributed by atoms with Crippen molar-refractivity contribution in [3.05, 3.63) is 48.4 Å². The van der Waals surface area contributed by atoms with E-state index in [1.54, 1.807) is 6.33 Å². The first-order chi connectivity index (χ1) is 11.8. The van der Waals surface area contributed by atoms with Crippen molar-refractivity contribution < 1.29 is 0 Å². The topological polar surface area (TPSA) is 46.8 Å². The van der Waals surface area contributed by atoms with Gasteiger partial charge in [0.05, 0.1) is 18.1 Å². The number of aromatic nitrogens is 4. The van der Waals surface area contributed by atoms with Crippen molar-refractivity contribution in [1.82, 2.24) is 24.6 Å². The number of thioether (sulfide) groups is 1. The number of fused-ring (bicyclic) bond motifs is 1. The smallest absolute Gasteiger partial charge is 0.162 e. The molecule has 5 nitrogen and oxygen atoms in total. The number of rotatable bonds is 5. The van der Waals surface area contributed by atoms with Crippen LogP contribution in [0.2, 0.25) is 0 Å². The summed E-state index contributed by atoms with van der Waals surface area (Å²) in [6, 6.07) is 10.4. The molecule has 1 aliphatic rings. The van der Waals surface area contributed by atoms with E-state index in [2.05, 4.69) is 51.3 Å². The van der Waals surface area contributed by atoms with Gasteiger partial charge in [-0.1, -0.05) is 30.3 Å². The van der Waals surface area contributed by atoms with E-state index in [0.717, 1.165) is 34.3 Å². The van der Waals surface area contributed by atoms with E-state index < -0.39 is 0 Å². The normalized spacial score (nSPS) is 18.5. The molecule has 0 unspecified atom stereocenters. The van der Waals surface area contributed by atoms with Crippen LogP contribution in [0.3, 0.4) is 0 Å². The first kappa shape index (κ1) is 15.6. The summed E-state index contributed by atoms with van der Waals surface area (Å²) in [7, 11) is 2.20. The van der Waals surface area contributed by atoms with E-state index in [1.165, 1.54) is 25.1 Å². The minimum absolute atomic E-state index is 0.735. The average Bonchev–Trinajstić information content (AvgIpc) is 3.21. The molecule has 1 saturated heterocycles. The second kappa shape index (κ2) is 6.91. The van der Waals surface area contributed by atoms with Crippen molar-refractivity contribution in [3.8, 4) is 0 Å². The third kappa shape index (κ3) is 3.30. The largest absolute Gasteiger partial charge is 0.306 e. The zero-order chi connectivity index (χ0) is 16.4. The molecular weight excluding hydrogens is 318 g/mol. The van der Waals surface area contributed by atoms with Crippen LogP contribution in [0.4, 0.5) is 0 Å². The SMILES string of the molecule is CN1CC[C@@H](CSc2ncnc3c2cnn3Cc2ccccc2)C1. The maximum atomic E-state index is 4.54. The third-order valence-corrected chi connectivity index (χ3v) is 5.75. The number of nitrogens with zero attached hydrogens (tertiary/aromatic N) is 5. The summed E-state index contributed by atoms with van der Waals surface area (Å²) < 4.78 is 1.96. The quantitative estimate of drug-likeness (QED) is 0.528. The highest BCUT2D eigenvalue weighted by Gasteiger charge is 2.20. The lowest BCUT2D eigenvalue weighted by Crippen LogP contribution is -2.14. The van der Waals surface area contributed by atoms with Gasteiger partial charge in [-0.3, -0.25) is 0 Å². The van der Waals surface area contributed by atoms with Crippen molar-refractivity contribution in [2.24, 2.45) is 5.92 Å². The molecule has 124 valence electrons. The fourth-order valence-corrected chi connectivity index (χ4v) is 4.30. The summed E-state index contributed by atoms with van der Waals surface area (Å²) in [5, 5.41) is 6.65. The van der Waals surface area contributed by atoms with Gasteiger partial charge in [-0.05, 0) is 31.5 Å². The van der Waals surface area contributed by atoms with E-state index in [0.29, 0.717) is 0 Å². The van der Waals surface area contributed by atoms with E-state index in [-0.39, 0.29) is 0 Å². The minimum atomic E-state index is 0.735. The van der Waals surface area contributed by atoms with Gasteiger partial charge in [-0.2, -0.15) is 5.10 Å². The Bertz CT molecular complexity index is 817. The zero-order valence-electron chi connectivity index (χ0n) is 13.8. The summed E-state index contributed by atoms with van der Waals surface area (Å²) in [5.41, 5.74) is 2.14. The van der Waals surface area contributed by atoms with Crippen LogP contribution in [0.1, 0.15) is 12.0 Å². The monoisotopic (exact) mass is 339 g/mol. The fourth-order valence-electron chi connectivity index (χ4n) is 3.22. The standard InChI is InChI=1S/C18H21N5S/c1-22-8-7-15(10-22)12-24-18-16-9-21-23(17(16)19-13-20-18)11-14-5-3-2-4-6-14/h2-6,9,13,15H,7-8,10-12H2,1H3/t15-/m1/s1. The molecule has 0 radical (unpaired) electrons. The summed E-state index contributed by atoms with van der Waals surface area (Å²) in [6.45, 7) is 3.13. The van der Waals surface area contributed by atoms with Crippen LogP contribution in [0, 0.1) is 5.92 Å². The Balaban J connectivity index is 1.53. The van der Waals surface area contributed by atoms with Gasteiger partial charge in [-0.15, -0.1) is 11.8 Å². The molecule has 3 heterocycles. The molecule has 0 saturated carbocycles. The Labute approximate surface area is 146 Å². The highest BCUT2D eigenvalue weighted by Crippen LogP contribution is 2.28. The molecule has 24 heavy (non-hydrogen) atoms. The number of hydrogen-bond donors (Lipinski definition) is 0. The molecule has 0 N–H and O–H groups in total. The predicted octanol–water partition coefficient (Wildman–Crippen LogP) is 2.92. The fraction of sp³-hybridized carbons (Fsp3) is 0.389. The highest BCUT2D eigenvalue weighted by molar-refractivity contribution is 7.99. The molecule has 1 fully saturated rings. The van der Waals surface area contributed by atoms with Crippen LogP contribution in [-0.2, 0) is 6.54 Å².